The lowest BCUT2D eigenvalue weighted by Crippen LogP contribution is -2.29. The summed E-state index contributed by atoms with van der Waals surface area (Å²) in [5.74, 6) is -0.600. The summed E-state index contributed by atoms with van der Waals surface area (Å²) >= 11 is 12.3. The highest BCUT2D eigenvalue weighted by Gasteiger charge is 2.48. The molecule has 1 fully saturated rings. The quantitative estimate of drug-likeness (QED) is 0.0650. The summed E-state index contributed by atoms with van der Waals surface area (Å²) in [6.45, 7) is 2.59. The van der Waals surface area contributed by atoms with Crippen LogP contribution in [0.4, 0.5) is 5.13 Å². The summed E-state index contributed by atoms with van der Waals surface area (Å²) in [6.07, 6.45) is 0.864. The Hall–Kier alpha value is -3.18. The number of anilines is 1. The zero-order valence-corrected chi connectivity index (χ0v) is 25.2. The molecule has 2 heterocycles. The topological polar surface area (TPSA) is 92.6 Å². The number of carbonyl (C=O) groups is 2. The highest BCUT2D eigenvalue weighted by atomic mass is 79.9. The first kappa shape index (κ1) is 28.4. The molecule has 5 rings (SSSR count). The normalized spacial score (nSPS) is 16.5. The maximum absolute atomic E-state index is 13.4. The van der Waals surface area contributed by atoms with Gasteiger partial charge in [0.05, 0.1) is 18.2 Å². The Labute approximate surface area is 253 Å². The molecule has 1 amide bonds. The minimum absolute atomic E-state index is 0.0185. The number of ketones is 1. The predicted molar refractivity (Wildman–Crippen MR) is 162 cm³/mol. The molecule has 1 aliphatic rings. The average Bonchev–Trinajstić information content (AvgIpc) is 3.53. The molecule has 1 unspecified atom stereocenters. The lowest BCUT2D eigenvalue weighted by Gasteiger charge is -2.22. The van der Waals surface area contributed by atoms with Crippen LogP contribution in [0.25, 0.3) is 5.76 Å². The molecule has 1 atom stereocenters. The second-order valence-corrected chi connectivity index (χ2v) is 12.3. The molecule has 0 aliphatic carbocycles. The number of carbonyl (C=O) groups excluding carboxylic acids is 2. The number of nitrogens with zero attached hydrogens (tertiary/aromatic N) is 3. The van der Waals surface area contributed by atoms with Crippen LogP contribution in [0.3, 0.4) is 0 Å². The first-order chi connectivity index (χ1) is 19.4. The van der Waals surface area contributed by atoms with Crippen molar-refractivity contribution in [2.45, 2.75) is 29.5 Å². The van der Waals surface area contributed by atoms with Crippen molar-refractivity contribution in [2.75, 3.05) is 11.5 Å². The number of Topliss-reactive ketones (excluding diaryl/α,β-unsaturated/α-hetero) is 1. The van der Waals surface area contributed by atoms with Crippen molar-refractivity contribution in [3.05, 3.63) is 105 Å². The van der Waals surface area contributed by atoms with E-state index in [9.17, 15) is 14.7 Å². The fourth-order valence-electron chi connectivity index (χ4n) is 4.19. The van der Waals surface area contributed by atoms with Gasteiger partial charge in [-0.2, -0.15) is 0 Å². The standard InChI is InChI=1S/C29H23BrClN3O4S2/c1-2-15-38-21-13-9-17(10-14-21)24-23(25(35)18-7-11-20(30)12-8-18)26(36)27(37)34(24)28-32-33-29(40-28)39-16-19-5-3-4-6-22(19)31/h3-14,24,35H,2,15-16H2,1H3/b25-23-. The Kier molecular flexibility index (Phi) is 8.90. The molecule has 0 radical (unpaired) electrons. The lowest BCUT2D eigenvalue weighted by atomic mass is 9.95. The highest BCUT2D eigenvalue weighted by Crippen LogP contribution is 2.44. The molecule has 1 aliphatic heterocycles. The number of rotatable bonds is 9. The third-order valence-corrected chi connectivity index (χ3v) is 9.14. The number of thioether (sulfide) groups is 1. The minimum atomic E-state index is -0.904. The van der Waals surface area contributed by atoms with E-state index in [1.54, 1.807) is 48.5 Å². The van der Waals surface area contributed by atoms with Crippen molar-refractivity contribution >= 4 is 73.2 Å². The zero-order valence-electron chi connectivity index (χ0n) is 21.2. The van der Waals surface area contributed by atoms with Gasteiger partial charge in [-0.15, -0.1) is 10.2 Å². The highest BCUT2D eigenvalue weighted by molar-refractivity contribution is 9.10. The summed E-state index contributed by atoms with van der Waals surface area (Å²) in [7, 11) is 0. The van der Waals surface area contributed by atoms with Crippen LogP contribution >= 0.6 is 50.6 Å². The lowest BCUT2D eigenvalue weighted by molar-refractivity contribution is -0.132. The van der Waals surface area contributed by atoms with Crippen molar-refractivity contribution in [2.24, 2.45) is 0 Å². The molecule has 7 nitrogen and oxygen atoms in total. The third kappa shape index (κ3) is 5.95. The molecule has 0 saturated carbocycles. The predicted octanol–water partition coefficient (Wildman–Crippen LogP) is 7.66. The number of amides is 1. The van der Waals surface area contributed by atoms with Gasteiger partial charge in [0, 0.05) is 20.8 Å². The number of ether oxygens (including phenoxy) is 1. The van der Waals surface area contributed by atoms with Gasteiger partial charge in [-0.1, -0.05) is 100 Å². The Balaban J connectivity index is 1.53. The number of aliphatic hydroxyl groups is 1. The third-order valence-electron chi connectivity index (χ3n) is 6.14. The van der Waals surface area contributed by atoms with Gasteiger partial charge in [-0.3, -0.25) is 14.5 Å². The molecule has 0 spiro atoms. The van der Waals surface area contributed by atoms with Crippen molar-refractivity contribution in [1.29, 1.82) is 0 Å². The average molecular weight is 657 g/mol. The molecule has 4 aromatic rings. The molecule has 1 N–H and O–H groups in total. The van der Waals surface area contributed by atoms with E-state index < -0.39 is 17.7 Å². The van der Waals surface area contributed by atoms with Gasteiger partial charge in [0.25, 0.3) is 5.78 Å². The van der Waals surface area contributed by atoms with E-state index in [2.05, 4.69) is 26.1 Å². The summed E-state index contributed by atoms with van der Waals surface area (Å²) < 4.78 is 7.15. The van der Waals surface area contributed by atoms with E-state index in [-0.39, 0.29) is 16.5 Å². The molecule has 1 saturated heterocycles. The largest absolute Gasteiger partial charge is 0.507 e. The molecule has 11 heteroatoms. The van der Waals surface area contributed by atoms with E-state index in [4.69, 9.17) is 16.3 Å². The number of aromatic nitrogens is 2. The van der Waals surface area contributed by atoms with Crippen LogP contribution in [0.15, 0.2) is 87.2 Å². The summed E-state index contributed by atoms with van der Waals surface area (Å²) in [4.78, 5) is 28.2. The van der Waals surface area contributed by atoms with Crippen LogP contribution in [0.2, 0.25) is 5.02 Å². The molecular formula is C29H23BrClN3O4S2. The SMILES string of the molecule is CCCOc1ccc(C2/C(=C(/O)c3ccc(Br)cc3)C(=O)C(=O)N2c2nnc(SCc3ccccc3Cl)s2)cc1. The van der Waals surface area contributed by atoms with Crippen molar-refractivity contribution in [3.63, 3.8) is 0 Å². The van der Waals surface area contributed by atoms with E-state index in [1.165, 1.54) is 28.0 Å². The van der Waals surface area contributed by atoms with Crippen LogP contribution in [0, 0.1) is 0 Å². The number of halogens is 2. The fraction of sp³-hybridized carbons (Fsp3) is 0.172. The number of aliphatic hydroxyl groups excluding tert-OH is 1. The first-order valence-electron chi connectivity index (χ1n) is 12.4. The van der Waals surface area contributed by atoms with Crippen LogP contribution < -0.4 is 9.64 Å². The molecule has 1 aromatic heterocycles. The number of hydrogen-bond donors (Lipinski definition) is 1. The van der Waals surface area contributed by atoms with Gasteiger partial charge >= 0.3 is 5.91 Å². The van der Waals surface area contributed by atoms with Gasteiger partial charge in [0.2, 0.25) is 5.13 Å². The van der Waals surface area contributed by atoms with E-state index in [0.717, 1.165) is 16.5 Å². The van der Waals surface area contributed by atoms with Crippen molar-refractivity contribution in [1.82, 2.24) is 10.2 Å². The van der Waals surface area contributed by atoms with Crippen LogP contribution in [-0.4, -0.2) is 33.6 Å². The Bertz CT molecular complexity index is 1570. The molecule has 0 bridgehead atoms. The summed E-state index contributed by atoms with van der Waals surface area (Å²) in [5, 5.41) is 20.7. The second-order valence-electron chi connectivity index (χ2n) is 8.82. The van der Waals surface area contributed by atoms with Crippen LogP contribution in [0.1, 0.15) is 36.1 Å². The van der Waals surface area contributed by atoms with E-state index in [1.807, 2.05) is 31.2 Å². The van der Waals surface area contributed by atoms with Crippen LogP contribution in [0.5, 0.6) is 5.75 Å². The molecule has 40 heavy (non-hydrogen) atoms. The maximum Gasteiger partial charge on any atom is 0.301 e. The van der Waals surface area contributed by atoms with E-state index in [0.29, 0.717) is 38.6 Å². The summed E-state index contributed by atoms with van der Waals surface area (Å²) in [6, 6.07) is 20.7. The first-order valence-corrected chi connectivity index (χ1v) is 15.3. The number of benzene rings is 3. The Morgan fingerprint density at radius 2 is 1.80 bits per heavy atom. The molecule has 3 aromatic carbocycles. The van der Waals surface area contributed by atoms with Gasteiger partial charge in [0.1, 0.15) is 11.5 Å². The van der Waals surface area contributed by atoms with Gasteiger partial charge in [0.15, 0.2) is 4.34 Å². The Morgan fingerprint density at radius 3 is 2.50 bits per heavy atom. The van der Waals surface area contributed by atoms with Gasteiger partial charge < -0.3 is 9.84 Å². The van der Waals surface area contributed by atoms with Gasteiger partial charge in [-0.25, -0.2) is 0 Å². The second kappa shape index (κ2) is 12.6. The smallest absolute Gasteiger partial charge is 0.301 e. The zero-order chi connectivity index (χ0) is 28.2. The van der Waals surface area contributed by atoms with E-state index >= 15 is 0 Å². The molecule has 204 valence electrons. The fourth-order valence-corrected chi connectivity index (χ4v) is 6.61. The van der Waals surface area contributed by atoms with Gasteiger partial charge in [-0.05, 0) is 47.9 Å². The monoisotopic (exact) mass is 655 g/mol. The summed E-state index contributed by atoms with van der Waals surface area (Å²) in [5.41, 5.74) is 1.98. The van der Waals surface area contributed by atoms with Crippen molar-refractivity contribution in [3.8, 4) is 5.75 Å². The Morgan fingerprint density at radius 1 is 1.07 bits per heavy atom. The number of hydrogen-bond acceptors (Lipinski definition) is 8. The van der Waals surface area contributed by atoms with Crippen LogP contribution in [-0.2, 0) is 15.3 Å². The molecular weight excluding hydrogens is 634 g/mol. The maximum atomic E-state index is 13.4. The minimum Gasteiger partial charge on any atom is -0.507 e. The van der Waals surface area contributed by atoms with Crippen molar-refractivity contribution < 1.29 is 19.4 Å².